The summed E-state index contributed by atoms with van der Waals surface area (Å²) in [6.45, 7) is 0. The minimum Gasteiger partial charge on any atom is -1.00 e. The Morgan fingerprint density at radius 1 is 0.875 bits per heavy atom. The third kappa shape index (κ3) is 2.38. The summed E-state index contributed by atoms with van der Waals surface area (Å²) in [4.78, 5) is 52.6. The Labute approximate surface area is 111 Å². The average molecular weight is 243 g/mol. The molecule has 5 N–H and O–H groups in total. The number of ketones is 1. The van der Waals surface area contributed by atoms with E-state index in [1.165, 1.54) is 0 Å². The van der Waals surface area contributed by atoms with Crippen molar-refractivity contribution in [3.8, 4) is 0 Å². The molecule has 0 rings (SSSR count). The maximum Gasteiger partial charge on any atom is 1.00 e. The zero-order chi connectivity index (χ0) is 12.4. The van der Waals surface area contributed by atoms with Crippen LogP contribution in [0.5, 0.6) is 0 Å². The first-order valence-electron chi connectivity index (χ1n) is 3.23. The number of hydrogen-bond donors (Lipinski definition) is 4. The van der Waals surface area contributed by atoms with Crippen molar-refractivity contribution in [3.63, 3.8) is 0 Å². The van der Waals surface area contributed by atoms with Gasteiger partial charge in [-0.3, -0.25) is 9.59 Å². The fourth-order valence-corrected chi connectivity index (χ4v) is 0.751. The molecule has 16 heavy (non-hydrogen) atoms. The van der Waals surface area contributed by atoms with Gasteiger partial charge in [0.05, 0.1) is 0 Å². The minimum absolute atomic E-state index is 0. The maximum absolute atomic E-state index is 10.9. The number of aliphatic carboxylic acids is 3. The molecule has 0 unspecified atom stereocenters. The molecule has 0 aliphatic heterocycles. The molecule has 9 nitrogen and oxygen atoms in total. The molecule has 0 saturated carbocycles. The van der Waals surface area contributed by atoms with Crippen LogP contribution in [0, 0.1) is 5.41 Å². The van der Waals surface area contributed by atoms with E-state index in [1.54, 1.807) is 0 Å². The van der Waals surface area contributed by atoms with E-state index in [-0.39, 0.29) is 31.0 Å². The van der Waals surface area contributed by atoms with E-state index in [0.717, 1.165) is 0 Å². The summed E-state index contributed by atoms with van der Waals surface area (Å²) in [6.07, 6.45) is 0. The van der Waals surface area contributed by atoms with Crippen molar-refractivity contribution in [1.29, 1.82) is 0 Å². The smallest absolute Gasteiger partial charge is 1.00 e. The van der Waals surface area contributed by atoms with Crippen LogP contribution in [0.2, 0.25) is 0 Å². The van der Waals surface area contributed by atoms with Crippen LogP contribution in [-0.4, -0.2) is 44.9 Å². The van der Waals surface area contributed by atoms with Gasteiger partial charge >= 0.3 is 52.9 Å². The van der Waals surface area contributed by atoms with Gasteiger partial charge in [0.1, 0.15) is 0 Å². The van der Waals surface area contributed by atoms with Gasteiger partial charge in [-0.05, 0) is 0 Å². The fourth-order valence-electron chi connectivity index (χ4n) is 0.751. The molecule has 0 bridgehead atoms. The molecule has 0 aliphatic rings. The quantitative estimate of drug-likeness (QED) is 0.210. The van der Waals surface area contributed by atoms with Gasteiger partial charge in [-0.2, -0.15) is 0 Å². The van der Waals surface area contributed by atoms with Crippen LogP contribution in [0.4, 0.5) is 0 Å². The van der Waals surface area contributed by atoms with E-state index in [4.69, 9.17) is 15.3 Å². The molecule has 0 saturated heterocycles. The molecule has 0 heterocycles. The SMILES string of the molecule is NC(=O)C(=O)C(C(=O)O)(C(=O)O)C(=O)O.[H-].[Na+]. The summed E-state index contributed by atoms with van der Waals surface area (Å²) in [6, 6.07) is 0. The third-order valence-electron chi connectivity index (χ3n) is 1.53. The van der Waals surface area contributed by atoms with Crippen LogP contribution in [0.3, 0.4) is 0 Å². The van der Waals surface area contributed by atoms with Crippen molar-refractivity contribution in [2.45, 2.75) is 0 Å². The predicted octanol–water partition coefficient (Wildman–Crippen LogP) is -5.60. The number of carboxylic acid groups (broad SMARTS) is 3. The van der Waals surface area contributed by atoms with Crippen LogP contribution in [0.1, 0.15) is 1.43 Å². The molecule has 0 aromatic heterocycles. The number of carbonyl (C=O) groups excluding carboxylic acids is 2. The van der Waals surface area contributed by atoms with Gasteiger partial charge in [-0.25, -0.2) is 14.4 Å². The number of carboxylic acids is 3. The Kier molecular flexibility index (Phi) is 5.92. The molecule has 0 aromatic rings. The molecule has 0 spiro atoms. The molecule has 0 fully saturated rings. The van der Waals surface area contributed by atoms with Crippen LogP contribution >= 0.6 is 0 Å². The van der Waals surface area contributed by atoms with Gasteiger partial charge in [-0.15, -0.1) is 0 Å². The van der Waals surface area contributed by atoms with Gasteiger partial charge in [0.15, 0.2) is 0 Å². The number of Topliss-reactive ketones (excluding diaryl/α,β-unsaturated/α-hetero) is 1. The number of rotatable bonds is 5. The second kappa shape index (κ2) is 5.58. The van der Waals surface area contributed by atoms with Crippen molar-refractivity contribution < 1.29 is 70.3 Å². The van der Waals surface area contributed by atoms with Crippen molar-refractivity contribution >= 4 is 29.6 Å². The number of carbonyl (C=O) groups is 5. The standard InChI is InChI=1S/C6H5NO8.Na.H/c7-2(9)1(8)6(3(10)11,4(12)13)5(14)15;;/h(H2,7,9)(H,10,11)(H,12,13)(H,14,15);;/q;+1;-1. The first-order chi connectivity index (χ1) is 6.68. The number of amides is 1. The largest absolute Gasteiger partial charge is 1.00 e. The average Bonchev–Trinajstić information content (AvgIpc) is 2.02. The minimum atomic E-state index is -3.88. The zero-order valence-corrected chi connectivity index (χ0v) is 9.96. The van der Waals surface area contributed by atoms with Gasteiger partial charge in [0.2, 0.25) is 0 Å². The normalized spacial score (nSPS) is 9.75. The Morgan fingerprint density at radius 2 is 1.12 bits per heavy atom. The van der Waals surface area contributed by atoms with Crippen molar-refractivity contribution in [1.82, 2.24) is 0 Å². The summed E-state index contributed by atoms with van der Waals surface area (Å²) in [5.74, 6) is -11.7. The van der Waals surface area contributed by atoms with E-state index in [9.17, 15) is 24.0 Å². The van der Waals surface area contributed by atoms with Crippen molar-refractivity contribution in [2.24, 2.45) is 11.1 Å². The van der Waals surface area contributed by atoms with Gasteiger partial charge in [-0.1, -0.05) is 0 Å². The van der Waals surface area contributed by atoms with Crippen LogP contribution in [0.25, 0.3) is 0 Å². The van der Waals surface area contributed by atoms with E-state index in [1.807, 2.05) is 0 Å². The molecule has 0 atom stereocenters. The molecule has 10 heteroatoms. The van der Waals surface area contributed by atoms with Crippen LogP contribution < -0.4 is 35.3 Å². The summed E-state index contributed by atoms with van der Waals surface area (Å²) in [7, 11) is 0. The number of primary amides is 1. The van der Waals surface area contributed by atoms with Crippen LogP contribution in [-0.2, 0) is 24.0 Å². The third-order valence-corrected chi connectivity index (χ3v) is 1.53. The van der Waals surface area contributed by atoms with Gasteiger partial charge in [0.25, 0.3) is 11.7 Å². The molecule has 0 radical (unpaired) electrons. The van der Waals surface area contributed by atoms with Crippen LogP contribution in [0.15, 0.2) is 0 Å². The topological polar surface area (TPSA) is 172 Å². The second-order valence-corrected chi connectivity index (χ2v) is 2.36. The summed E-state index contributed by atoms with van der Waals surface area (Å²) < 4.78 is 0. The molecular formula is C6H6NNaO8. The van der Waals surface area contributed by atoms with Gasteiger partial charge < -0.3 is 22.5 Å². The molecular weight excluding hydrogens is 237 g/mol. The summed E-state index contributed by atoms with van der Waals surface area (Å²) in [5, 5.41) is 25.2. The molecule has 0 aromatic carbocycles. The summed E-state index contributed by atoms with van der Waals surface area (Å²) in [5.41, 5.74) is 0.474. The predicted molar refractivity (Wildman–Crippen MR) is 40.7 cm³/mol. The van der Waals surface area contributed by atoms with E-state index in [0.29, 0.717) is 0 Å². The van der Waals surface area contributed by atoms with Crippen molar-refractivity contribution in [2.75, 3.05) is 0 Å². The Morgan fingerprint density at radius 3 is 1.19 bits per heavy atom. The Bertz CT molecular complexity index is 344. The molecule has 0 aliphatic carbocycles. The summed E-state index contributed by atoms with van der Waals surface area (Å²) >= 11 is 0. The first-order valence-corrected chi connectivity index (χ1v) is 3.23. The molecule has 1 amide bonds. The zero-order valence-electron chi connectivity index (χ0n) is 8.96. The molecule has 84 valence electrons. The fraction of sp³-hybridized carbons (Fsp3) is 0.167. The van der Waals surface area contributed by atoms with Crippen molar-refractivity contribution in [3.05, 3.63) is 0 Å². The Balaban J connectivity index is -0.000000980. The van der Waals surface area contributed by atoms with Gasteiger partial charge in [0, 0.05) is 0 Å². The number of nitrogens with two attached hydrogens (primary N) is 1. The second-order valence-electron chi connectivity index (χ2n) is 2.36. The number of hydrogen-bond acceptors (Lipinski definition) is 5. The van der Waals surface area contributed by atoms with E-state index < -0.39 is 35.0 Å². The van der Waals surface area contributed by atoms with E-state index >= 15 is 0 Å². The maximum atomic E-state index is 10.9. The first kappa shape index (κ1) is 17.0. The monoisotopic (exact) mass is 243 g/mol. The Hall–Kier alpha value is -1.45. The van der Waals surface area contributed by atoms with E-state index in [2.05, 4.69) is 5.73 Å².